The number of carbonyl (C=O) groups is 2. The molecule has 0 aliphatic carbocycles. The summed E-state index contributed by atoms with van der Waals surface area (Å²) in [7, 11) is 0. The lowest BCUT2D eigenvalue weighted by molar-refractivity contribution is -0.137. The summed E-state index contributed by atoms with van der Waals surface area (Å²) < 4.78 is 39.9. The summed E-state index contributed by atoms with van der Waals surface area (Å²) in [5.74, 6) is -1.20. The lowest BCUT2D eigenvalue weighted by atomic mass is 9.98. The fourth-order valence-corrected chi connectivity index (χ4v) is 4.96. The summed E-state index contributed by atoms with van der Waals surface area (Å²) in [6, 6.07) is 10.3. The standard InChI is InChI=1S/C29H38F3N5O2S/c1-5-13-37-14-12-24(36-28(40)20-8-6-19(4)7-9-20)25(17-37)35-26(38)16-33-27(39)22-15-21(29(30,31)32)10-11-23(22)34-18(2)3/h6-11,15,18,24-25,34H,5,12-14,16-17H2,1-4H3,(H,33,39)(H,35,38)(H,36,40)/t24-,25+/m0/s1. The molecule has 0 aromatic heterocycles. The molecule has 2 amide bonds. The monoisotopic (exact) mass is 577 g/mol. The Morgan fingerprint density at radius 2 is 1.77 bits per heavy atom. The van der Waals surface area contributed by atoms with Crippen molar-refractivity contribution in [2.45, 2.75) is 64.8 Å². The van der Waals surface area contributed by atoms with Gasteiger partial charge >= 0.3 is 6.18 Å². The van der Waals surface area contributed by atoms with E-state index in [-0.39, 0.29) is 35.9 Å². The van der Waals surface area contributed by atoms with Crippen molar-refractivity contribution >= 4 is 34.7 Å². The zero-order valence-corrected chi connectivity index (χ0v) is 24.1. The second-order valence-corrected chi connectivity index (χ2v) is 10.9. The smallest absolute Gasteiger partial charge is 0.382 e. The Labute approximate surface area is 239 Å². The molecule has 218 valence electrons. The lowest BCUT2D eigenvalue weighted by Gasteiger charge is -2.39. The van der Waals surface area contributed by atoms with Crippen molar-refractivity contribution in [2.24, 2.45) is 0 Å². The van der Waals surface area contributed by atoms with E-state index < -0.39 is 23.6 Å². The van der Waals surface area contributed by atoms with E-state index in [0.717, 1.165) is 49.2 Å². The highest BCUT2D eigenvalue weighted by Gasteiger charge is 2.33. The molecule has 1 fully saturated rings. The van der Waals surface area contributed by atoms with Gasteiger partial charge in [-0.1, -0.05) is 49.0 Å². The molecule has 1 heterocycles. The van der Waals surface area contributed by atoms with E-state index in [1.165, 1.54) is 6.07 Å². The third-order valence-corrected chi connectivity index (χ3v) is 7.01. The van der Waals surface area contributed by atoms with Crippen LogP contribution in [0.5, 0.6) is 0 Å². The Morgan fingerprint density at radius 1 is 1.07 bits per heavy atom. The maximum atomic E-state index is 13.3. The first kappa shape index (κ1) is 31.3. The number of likely N-dealkylation sites (tertiary alicyclic amines) is 1. The molecule has 3 rings (SSSR count). The molecule has 2 aromatic carbocycles. The number of aryl methyl sites for hydroxylation is 1. The summed E-state index contributed by atoms with van der Waals surface area (Å²) in [4.78, 5) is 28.7. The van der Waals surface area contributed by atoms with E-state index in [1.807, 2.05) is 45.0 Å². The number of hydrogen-bond acceptors (Lipinski definition) is 5. The van der Waals surface area contributed by atoms with Crippen molar-refractivity contribution in [3.8, 4) is 0 Å². The van der Waals surface area contributed by atoms with Crippen LogP contribution in [0.4, 0.5) is 18.9 Å². The average Bonchev–Trinajstić information content (AvgIpc) is 2.88. The summed E-state index contributed by atoms with van der Waals surface area (Å²) in [5.41, 5.74) is 1.17. The maximum absolute atomic E-state index is 13.3. The third-order valence-electron chi connectivity index (χ3n) is 6.66. The number of nitrogens with zero attached hydrogens (tertiary/aromatic N) is 1. The molecule has 2 atom stereocenters. The second kappa shape index (κ2) is 13.9. The van der Waals surface area contributed by atoms with E-state index in [1.54, 1.807) is 0 Å². The van der Waals surface area contributed by atoms with Gasteiger partial charge in [0.1, 0.15) is 4.99 Å². The van der Waals surface area contributed by atoms with Gasteiger partial charge in [-0.15, -0.1) is 0 Å². The summed E-state index contributed by atoms with van der Waals surface area (Å²) in [5, 5.41) is 11.9. The van der Waals surface area contributed by atoms with Crippen molar-refractivity contribution in [1.82, 2.24) is 20.9 Å². The molecule has 4 N–H and O–H groups in total. The van der Waals surface area contributed by atoms with Crippen molar-refractivity contribution in [1.29, 1.82) is 0 Å². The second-order valence-electron chi connectivity index (χ2n) is 10.4. The summed E-state index contributed by atoms with van der Waals surface area (Å²) in [6.07, 6.45) is -2.87. The minimum atomic E-state index is -4.60. The van der Waals surface area contributed by atoms with Crippen molar-refractivity contribution in [2.75, 3.05) is 31.5 Å². The highest BCUT2D eigenvalue weighted by molar-refractivity contribution is 7.80. The van der Waals surface area contributed by atoms with Crippen molar-refractivity contribution in [3.63, 3.8) is 0 Å². The largest absolute Gasteiger partial charge is 0.416 e. The van der Waals surface area contributed by atoms with Crippen LogP contribution < -0.4 is 21.3 Å². The Kier molecular flexibility index (Phi) is 10.9. The zero-order valence-electron chi connectivity index (χ0n) is 23.3. The number of hydrogen-bond donors (Lipinski definition) is 4. The first-order chi connectivity index (χ1) is 18.9. The van der Waals surface area contributed by atoms with Crippen LogP contribution in [-0.2, 0) is 11.0 Å². The van der Waals surface area contributed by atoms with Crippen LogP contribution in [0.25, 0.3) is 0 Å². The number of halogens is 3. The van der Waals surface area contributed by atoms with Gasteiger partial charge < -0.3 is 26.2 Å². The molecular weight excluding hydrogens is 539 g/mol. The number of thiocarbonyl (C=S) groups is 1. The Hall–Kier alpha value is -3.18. The minimum Gasteiger partial charge on any atom is -0.382 e. The molecule has 11 heteroatoms. The zero-order chi connectivity index (χ0) is 29.4. The van der Waals surface area contributed by atoms with E-state index in [0.29, 0.717) is 11.5 Å². The molecule has 40 heavy (non-hydrogen) atoms. The van der Waals surface area contributed by atoms with Gasteiger partial charge in [-0.25, -0.2) is 0 Å². The number of amides is 2. The molecule has 0 spiro atoms. The Morgan fingerprint density at radius 3 is 2.40 bits per heavy atom. The molecule has 0 bridgehead atoms. The van der Waals surface area contributed by atoms with Gasteiger partial charge in [0.25, 0.3) is 5.91 Å². The van der Waals surface area contributed by atoms with Crippen LogP contribution in [0.1, 0.15) is 60.7 Å². The predicted molar refractivity (Wildman–Crippen MR) is 156 cm³/mol. The molecular formula is C29H38F3N5O2S. The number of rotatable bonds is 10. The number of carbonyl (C=O) groups excluding carboxylic acids is 2. The van der Waals surface area contributed by atoms with E-state index in [9.17, 15) is 22.8 Å². The van der Waals surface area contributed by atoms with Gasteiger partial charge in [0.05, 0.1) is 23.7 Å². The van der Waals surface area contributed by atoms with Gasteiger partial charge in [-0.2, -0.15) is 13.2 Å². The topological polar surface area (TPSA) is 85.5 Å². The van der Waals surface area contributed by atoms with Crippen LogP contribution in [0, 0.1) is 6.92 Å². The molecule has 0 radical (unpaired) electrons. The molecule has 1 saturated heterocycles. The highest BCUT2D eigenvalue weighted by atomic mass is 32.1. The molecule has 0 unspecified atom stereocenters. The number of benzene rings is 2. The normalized spacial score (nSPS) is 17.8. The third kappa shape index (κ3) is 8.92. The Bertz CT molecular complexity index is 1190. The average molecular weight is 578 g/mol. The van der Waals surface area contributed by atoms with Gasteiger partial charge in [0.15, 0.2) is 0 Å². The van der Waals surface area contributed by atoms with E-state index in [4.69, 9.17) is 12.2 Å². The maximum Gasteiger partial charge on any atom is 0.416 e. The van der Waals surface area contributed by atoms with Gasteiger partial charge in [-0.3, -0.25) is 9.59 Å². The lowest BCUT2D eigenvalue weighted by Crippen LogP contribution is -2.61. The number of nitrogens with one attached hydrogen (secondary N) is 4. The predicted octanol–water partition coefficient (Wildman–Crippen LogP) is 4.50. The molecule has 1 aliphatic rings. The molecule has 7 nitrogen and oxygen atoms in total. The summed E-state index contributed by atoms with van der Waals surface area (Å²) in [6.45, 7) is 9.69. The van der Waals surface area contributed by atoms with Crippen LogP contribution >= 0.6 is 12.2 Å². The van der Waals surface area contributed by atoms with Gasteiger partial charge in [0.2, 0.25) is 5.91 Å². The SMILES string of the molecule is CCCN1CC[C@H](NC(=S)c2ccc(C)cc2)[C@H](NC(=O)CNC(=O)c2cc(C(F)(F)F)ccc2NC(C)C)C1. The van der Waals surface area contributed by atoms with Crippen LogP contribution in [0.15, 0.2) is 42.5 Å². The summed E-state index contributed by atoms with van der Waals surface area (Å²) >= 11 is 5.63. The van der Waals surface area contributed by atoms with Crippen molar-refractivity contribution < 1.29 is 22.8 Å². The van der Waals surface area contributed by atoms with Gasteiger partial charge in [0, 0.05) is 36.4 Å². The quantitative estimate of drug-likeness (QED) is 0.312. The van der Waals surface area contributed by atoms with Gasteiger partial charge in [-0.05, 0) is 58.4 Å². The minimum absolute atomic E-state index is 0.112. The molecule has 2 aromatic rings. The van der Waals surface area contributed by atoms with E-state index in [2.05, 4.69) is 33.1 Å². The fraction of sp³-hybridized carbons (Fsp3) is 0.483. The fourth-order valence-electron chi connectivity index (χ4n) is 4.67. The van der Waals surface area contributed by atoms with Crippen LogP contribution in [0.2, 0.25) is 0 Å². The van der Waals surface area contributed by atoms with Crippen LogP contribution in [-0.4, -0.2) is 66.0 Å². The van der Waals surface area contributed by atoms with Crippen molar-refractivity contribution in [3.05, 3.63) is 64.7 Å². The number of piperidine rings is 1. The number of anilines is 1. The molecule has 1 aliphatic heterocycles. The molecule has 0 saturated carbocycles. The first-order valence-corrected chi connectivity index (χ1v) is 13.9. The first-order valence-electron chi connectivity index (χ1n) is 13.5. The van der Waals surface area contributed by atoms with Crippen LogP contribution in [0.3, 0.4) is 0 Å². The highest BCUT2D eigenvalue weighted by Crippen LogP contribution is 2.32. The Balaban J connectivity index is 1.68. The number of alkyl halides is 3. The van der Waals surface area contributed by atoms with E-state index >= 15 is 0 Å².